The number of ether oxygens (including phenoxy) is 1. The SMILES string of the molecule is CC1=C2CC3[C@@H](CC[C@H]4CNC(=O)CCC34C)C2CCC2(C1)OC1CCCNC1C2C. The third-order valence-electron chi connectivity index (χ3n) is 11.2. The lowest BCUT2D eigenvalue weighted by molar-refractivity contribution is -0.121. The number of hydrogen-bond acceptors (Lipinski definition) is 3. The zero-order chi connectivity index (χ0) is 21.4. The van der Waals surface area contributed by atoms with Crippen LogP contribution in [0, 0.1) is 35.0 Å². The fourth-order valence-corrected chi connectivity index (χ4v) is 9.33. The Hall–Kier alpha value is -0.870. The molecule has 1 spiro atoms. The number of amides is 1. The van der Waals surface area contributed by atoms with Crippen LogP contribution in [0.1, 0.15) is 85.0 Å². The van der Waals surface area contributed by atoms with E-state index in [0.29, 0.717) is 29.4 Å². The Morgan fingerprint density at radius 1 is 1.13 bits per heavy atom. The minimum Gasteiger partial charge on any atom is -0.369 e. The smallest absolute Gasteiger partial charge is 0.220 e. The summed E-state index contributed by atoms with van der Waals surface area (Å²) in [5.41, 5.74) is 3.85. The van der Waals surface area contributed by atoms with E-state index < -0.39 is 0 Å². The van der Waals surface area contributed by atoms with E-state index in [1.807, 2.05) is 0 Å². The Kier molecular flexibility index (Phi) is 4.89. The molecule has 5 fully saturated rings. The summed E-state index contributed by atoms with van der Waals surface area (Å²) in [5.74, 6) is 3.91. The van der Waals surface area contributed by atoms with Crippen molar-refractivity contribution in [1.29, 1.82) is 0 Å². The van der Waals surface area contributed by atoms with Crippen LogP contribution in [0.5, 0.6) is 0 Å². The summed E-state index contributed by atoms with van der Waals surface area (Å²) in [6.07, 6.45) is 12.4. The van der Waals surface area contributed by atoms with Gasteiger partial charge in [0.25, 0.3) is 0 Å². The van der Waals surface area contributed by atoms with E-state index in [-0.39, 0.29) is 11.5 Å². The minimum atomic E-state index is 0.0589. The zero-order valence-corrected chi connectivity index (χ0v) is 19.8. The lowest BCUT2D eigenvalue weighted by Crippen LogP contribution is -2.46. The molecule has 4 nitrogen and oxygen atoms in total. The lowest BCUT2D eigenvalue weighted by Gasteiger charge is -2.49. The third-order valence-corrected chi connectivity index (χ3v) is 11.2. The number of piperidine rings is 1. The first-order valence-corrected chi connectivity index (χ1v) is 13.3. The number of rotatable bonds is 0. The molecule has 2 saturated carbocycles. The van der Waals surface area contributed by atoms with E-state index in [0.717, 1.165) is 50.1 Å². The van der Waals surface area contributed by atoms with Gasteiger partial charge < -0.3 is 15.4 Å². The summed E-state index contributed by atoms with van der Waals surface area (Å²) in [4.78, 5) is 12.2. The van der Waals surface area contributed by atoms with E-state index in [4.69, 9.17) is 4.74 Å². The number of allylic oxidation sites excluding steroid dienone is 1. The molecule has 3 heterocycles. The fourth-order valence-electron chi connectivity index (χ4n) is 9.33. The van der Waals surface area contributed by atoms with E-state index in [2.05, 4.69) is 31.4 Å². The summed E-state index contributed by atoms with van der Waals surface area (Å²) in [6.45, 7) is 9.51. The van der Waals surface area contributed by atoms with Crippen LogP contribution in [0.15, 0.2) is 11.1 Å². The van der Waals surface area contributed by atoms with Gasteiger partial charge in [-0.1, -0.05) is 25.0 Å². The number of fused-ring (bicyclic) bond motifs is 6. The van der Waals surface area contributed by atoms with Gasteiger partial charge in [-0.15, -0.1) is 0 Å². The Labute approximate surface area is 188 Å². The Bertz CT molecular complexity index is 792. The molecular weight excluding hydrogens is 384 g/mol. The van der Waals surface area contributed by atoms with Crippen molar-refractivity contribution < 1.29 is 9.53 Å². The third kappa shape index (κ3) is 3.03. The largest absolute Gasteiger partial charge is 0.369 e. The maximum atomic E-state index is 12.2. The Morgan fingerprint density at radius 3 is 2.84 bits per heavy atom. The average molecular weight is 427 g/mol. The molecule has 172 valence electrons. The predicted octanol–water partition coefficient (Wildman–Crippen LogP) is 4.59. The van der Waals surface area contributed by atoms with Gasteiger partial charge in [0.15, 0.2) is 0 Å². The monoisotopic (exact) mass is 426 g/mol. The topological polar surface area (TPSA) is 50.4 Å². The molecule has 0 aromatic heterocycles. The molecule has 3 aliphatic heterocycles. The second-order valence-corrected chi connectivity index (χ2v) is 12.3. The molecule has 6 aliphatic rings. The van der Waals surface area contributed by atoms with Gasteiger partial charge in [-0.3, -0.25) is 4.79 Å². The predicted molar refractivity (Wildman–Crippen MR) is 123 cm³/mol. The summed E-state index contributed by atoms with van der Waals surface area (Å²) >= 11 is 0. The molecule has 0 aromatic rings. The van der Waals surface area contributed by atoms with Crippen LogP contribution in [0.4, 0.5) is 0 Å². The van der Waals surface area contributed by atoms with E-state index >= 15 is 0 Å². The van der Waals surface area contributed by atoms with Crippen LogP contribution < -0.4 is 10.6 Å². The van der Waals surface area contributed by atoms with Gasteiger partial charge >= 0.3 is 0 Å². The maximum Gasteiger partial charge on any atom is 0.220 e. The highest BCUT2D eigenvalue weighted by Gasteiger charge is 2.58. The summed E-state index contributed by atoms with van der Waals surface area (Å²) in [5, 5.41) is 7.02. The molecule has 0 aromatic carbocycles. The quantitative estimate of drug-likeness (QED) is 0.557. The molecule has 31 heavy (non-hydrogen) atoms. The maximum absolute atomic E-state index is 12.2. The second kappa shape index (κ2) is 7.32. The van der Waals surface area contributed by atoms with Crippen molar-refractivity contribution in [1.82, 2.24) is 10.6 Å². The van der Waals surface area contributed by atoms with Crippen LogP contribution >= 0.6 is 0 Å². The van der Waals surface area contributed by atoms with Crippen molar-refractivity contribution in [3.63, 3.8) is 0 Å². The highest BCUT2D eigenvalue weighted by molar-refractivity contribution is 5.76. The minimum absolute atomic E-state index is 0.0589. The van der Waals surface area contributed by atoms with Crippen molar-refractivity contribution in [2.24, 2.45) is 35.0 Å². The standard InChI is InChI=1S/C27H42N2O2/c1-16-14-27(17(2)25-23(31-27)5-4-12-28-25)11-8-19-20-7-6-18-15-29-24(30)9-10-26(18,3)22(20)13-21(16)19/h17-20,22-23,25,28H,4-15H2,1-3H3,(H,29,30)/t17?,18-,19?,20-,22?,23?,25?,26?,27?/m0/s1. The lowest BCUT2D eigenvalue weighted by atomic mass is 9.55. The molecule has 9 atom stereocenters. The van der Waals surface area contributed by atoms with Crippen LogP contribution in [0.2, 0.25) is 0 Å². The second-order valence-electron chi connectivity index (χ2n) is 12.3. The molecule has 4 heteroatoms. The first-order valence-electron chi connectivity index (χ1n) is 13.3. The first kappa shape index (κ1) is 20.7. The van der Waals surface area contributed by atoms with Crippen molar-refractivity contribution in [3.05, 3.63) is 11.1 Å². The summed E-state index contributed by atoms with van der Waals surface area (Å²) in [7, 11) is 0. The summed E-state index contributed by atoms with van der Waals surface area (Å²) < 4.78 is 6.95. The highest BCUT2D eigenvalue weighted by atomic mass is 16.5. The van der Waals surface area contributed by atoms with Gasteiger partial charge in [0.05, 0.1) is 11.7 Å². The van der Waals surface area contributed by atoms with Crippen LogP contribution in [-0.2, 0) is 9.53 Å². The van der Waals surface area contributed by atoms with E-state index in [9.17, 15) is 4.79 Å². The Balaban J connectivity index is 1.29. The van der Waals surface area contributed by atoms with Crippen LogP contribution in [0.25, 0.3) is 0 Å². The fraction of sp³-hybridized carbons (Fsp3) is 0.889. The van der Waals surface area contributed by atoms with Crippen LogP contribution in [-0.4, -0.2) is 36.7 Å². The average Bonchev–Trinajstić information content (AvgIpc) is 3.16. The van der Waals surface area contributed by atoms with Crippen molar-refractivity contribution in [3.8, 4) is 0 Å². The van der Waals surface area contributed by atoms with E-state index in [1.165, 1.54) is 44.9 Å². The van der Waals surface area contributed by atoms with Gasteiger partial charge in [-0.2, -0.15) is 0 Å². The van der Waals surface area contributed by atoms with Gasteiger partial charge in [0, 0.05) is 24.9 Å². The van der Waals surface area contributed by atoms with Crippen molar-refractivity contribution >= 4 is 5.91 Å². The number of hydrogen-bond donors (Lipinski definition) is 2. The molecule has 2 N–H and O–H groups in total. The molecule has 7 unspecified atom stereocenters. The summed E-state index contributed by atoms with van der Waals surface area (Å²) in [6, 6.07) is 0.558. The van der Waals surface area contributed by atoms with Crippen molar-refractivity contribution in [2.75, 3.05) is 13.1 Å². The normalized spacial score (nSPS) is 52.0. The number of carbonyl (C=O) groups excluding carboxylic acids is 1. The Morgan fingerprint density at radius 2 is 2.00 bits per heavy atom. The molecular formula is C27H42N2O2. The highest BCUT2D eigenvalue weighted by Crippen LogP contribution is 2.63. The molecule has 1 amide bonds. The van der Waals surface area contributed by atoms with Gasteiger partial charge in [-0.05, 0) is 100 Å². The first-order chi connectivity index (χ1) is 14.9. The van der Waals surface area contributed by atoms with Crippen LogP contribution in [0.3, 0.4) is 0 Å². The van der Waals surface area contributed by atoms with Gasteiger partial charge in [-0.25, -0.2) is 0 Å². The molecule has 0 bridgehead atoms. The number of carbonyl (C=O) groups is 1. The van der Waals surface area contributed by atoms with Gasteiger partial charge in [0.1, 0.15) is 0 Å². The van der Waals surface area contributed by atoms with Crippen molar-refractivity contribution in [2.45, 2.75) is 103 Å². The van der Waals surface area contributed by atoms with Gasteiger partial charge in [0.2, 0.25) is 5.91 Å². The molecule has 3 saturated heterocycles. The molecule has 0 radical (unpaired) electrons. The molecule has 3 aliphatic carbocycles. The zero-order valence-electron chi connectivity index (χ0n) is 19.8. The molecule has 6 rings (SSSR count). The van der Waals surface area contributed by atoms with E-state index in [1.54, 1.807) is 11.1 Å². The number of nitrogens with one attached hydrogen (secondary N) is 2.